The van der Waals surface area contributed by atoms with E-state index >= 15 is 0 Å². The van der Waals surface area contributed by atoms with Crippen molar-refractivity contribution < 1.29 is 19.4 Å². The Morgan fingerprint density at radius 1 is 1.32 bits per heavy atom. The fraction of sp³-hybridized carbons (Fsp3) is 0.357. The molecule has 1 aliphatic heterocycles. The molecule has 0 unspecified atom stereocenters. The summed E-state index contributed by atoms with van der Waals surface area (Å²) in [7, 11) is 0. The minimum absolute atomic E-state index is 0.101. The second kappa shape index (κ2) is 4.93. The second-order valence-corrected chi connectivity index (χ2v) is 4.78. The first-order chi connectivity index (χ1) is 9.20. The summed E-state index contributed by atoms with van der Waals surface area (Å²) in [5.74, 6) is 1.28. The van der Waals surface area contributed by atoms with Gasteiger partial charge >= 0.3 is 0 Å². The van der Waals surface area contributed by atoms with Crippen LogP contribution in [0.1, 0.15) is 18.4 Å². The molecule has 2 N–H and O–H groups in total. The Hall–Kier alpha value is -2.01. The third kappa shape index (κ3) is 2.71. The largest absolute Gasteiger partial charge is 0.454 e. The second-order valence-electron chi connectivity index (χ2n) is 4.78. The molecule has 1 aromatic carbocycles. The normalized spacial score (nSPS) is 24.3. The maximum absolute atomic E-state index is 11.6. The molecule has 19 heavy (non-hydrogen) atoms. The van der Waals surface area contributed by atoms with Crippen LogP contribution in [0, 0.1) is 0 Å². The zero-order chi connectivity index (χ0) is 13.2. The van der Waals surface area contributed by atoms with E-state index in [2.05, 4.69) is 5.32 Å². The molecule has 100 valence electrons. The molecule has 2 aliphatic rings. The van der Waals surface area contributed by atoms with E-state index in [-0.39, 0.29) is 24.8 Å². The summed E-state index contributed by atoms with van der Waals surface area (Å²) < 4.78 is 10.5. The van der Waals surface area contributed by atoms with E-state index in [1.807, 2.05) is 18.2 Å². The van der Waals surface area contributed by atoms with Crippen LogP contribution in [0.5, 0.6) is 11.5 Å². The Balaban J connectivity index is 1.58. The van der Waals surface area contributed by atoms with Gasteiger partial charge in [0.15, 0.2) is 11.5 Å². The van der Waals surface area contributed by atoms with Crippen molar-refractivity contribution in [1.82, 2.24) is 5.32 Å². The van der Waals surface area contributed by atoms with Gasteiger partial charge in [0.25, 0.3) is 0 Å². The van der Waals surface area contributed by atoms with Crippen molar-refractivity contribution in [2.24, 2.45) is 0 Å². The van der Waals surface area contributed by atoms with E-state index in [0.717, 1.165) is 11.3 Å². The molecular weight excluding hydrogens is 246 g/mol. The van der Waals surface area contributed by atoms with Crippen LogP contribution in [-0.2, 0) is 4.79 Å². The maximum Gasteiger partial charge on any atom is 0.244 e. The minimum atomic E-state index is -0.261. The number of ether oxygens (including phenoxy) is 2. The highest BCUT2D eigenvalue weighted by Crippen LogP contribution is 2.32. The van der Waals surface area contributed by atoms with Crippen LogP contribution in [0.3, 0.4) is 0 Å². The zero-order valence-electron chi connectivity index (χ0n) is 10.3. The summed E-state index contributed by atoms with van der Waals surface area (Å²) >= 11 is 0. The molecule has 0 bridgehead atoms. The molecule has 0 radical (unpaired) electrons. The number of rotatable bonds is 3. The lowest BCUT2D eigenvalue weighted by molar-refractivity contribution is -0.118. The molecule has 0 atom stereocenters. The molecule has 3 rings (SSSR count). The van der Waals surface area contributed by atoms with E-state index in [9.17, 15) is 4.79 Å². The summed E-state index contributed by atoms with van der Waals surface area (Å²) in [6.07, 6.45) is 4.24. The molecule has 0 aromatic heterocycles. The average molecular weight is 261 g/mol. The molecule has 5 heteroatoms. The van der Waals surface area contributed by atoms with Gasteiger partial charge in [-0.1, -0.05) is 6.07 Å². The Kier molecular flexibility index (Phi) is 3.13. The Morgan fingerprint density at radius 2 is 2.11 bits per heavy atom. The van der Waals surface area contributed by atoms with Gasteiger partial charge in [0.1, 0.15) is 0 Å². The first kappa shape index (κ1) is 12.0. The molecular formula is C14H15NO4. The minimum Gasteiger partial charge on any atom is -0.454 e. The van der Waals surface area contributed by atoms with Gasteiger partial charge < -0.3 is 19.9 Å². The monoisotopic (exact) mass is 261 g/mol. The van der Waals surface area contributed by atoms with Crippen LogP contribution in [0.15, 0.2) is 24.3 Å². The Morgan fingerprint density at radius 3 is 2.89 bits per heavy atom. The van der Waals surface area contributed by atoms with Gasteiger partial charge in [-0.25, -0.2) is 0 Å². The first-order valence-electron chi connectivity index (χ1n) is 6.27. The predicted molar refractivity (Wildman–Crippen MR) is 68.8 cm³/mol. The van der Waals surface area contributed by atoms with E-state index < -0.39 is 0 Å². The third-order valence-electron chi connectivity index (χ3n) is 3.28. The lowest BCUT2D eigenvalue weighted by atomic mass is 9.89. The summed E-state index contributed by atoms with van der Waals surface area (Å²) in [4.78, 5) is 11.6. The predicted octanol–water partition coefficient (Wildman–Crippen LogP) is 1.07. The van der Waals surface area contributed by atoms with Gasteiger partial charge in [0, 0.05) is 12.1 Å². The van der Waals surface area contributed by atoms with E-state index in [0.29, 0.717) is 18.6 Å². The number of hydrogen-bond donors (Lipinski definition) is 2. The number of nitrogens with one attached hydrogen (secondary N) is 1. The number of benzene rings is 1. The van der Waals surface area contributed by atoms with E-state index in [1.165, 1.54) is 6.08 Å². The number of fused-ring (bicyclic) bond motifs is 1. The highest BCUT2D eigenvalue weighted by molar-refractivity contribution is 5.92. The molecule has 1 aliphatic carbocycles. The van der Waals surface area contributed by atoms with Crippen LogP contribution < -0.4 is 14.8 Å². The fourth-order valence-corrected chi connectivity index (χ4v) is 2.14. The Bertz CT molecular complexity index is 520. The fourth-order valence-electron chi connectivity index (χ4n) is 2.14. The SMILES string of the molecule is O=C(C=Cc1ccc2c(c1)OCO2)NC1CC(O)C1. The van der Waals surface area contributed by atoms with Gasteiger partial charge in [0.05, 0.1) is 6.10 Å². The van der Waals surface area contributed by atoms with Crippen molar-refractivity contribution in [2.75, 3.05) is 6.79 Å². The van der Waals surface area contributed by atoms with Crippen molar-refractivity contribution in [3.63, 3.8) is 0 Å². The Labute approximate surface area is 110 Å². The van der Waals surface area contributed by atoms with Crippen molar-refractivity contribution >= 4 is 12.0 Å². The molecule has 0 saturated heterocycles. The summed E-state index contributed by atoms with van der Waals surface area (Å²) in [5, 5.41) is 12.0. The average Bonchev–Trinajstić information content (AvgIpc) is 2.81. The van der Waals surface area contributed by atoms with Gasteiger partial charge in [0.2, 0.25) is 12.7 Å². The molecule has 1 amide bonds. The standard InChI is InChI=1S/C14H15NO4/c16-11-6-10(7-11)15-14(17)4-2-9-1-3-12-13(5-9)19-8-18-12/h1-5,10-11,16H,6-8H2,(H,15,17). The molecule has 1 fully saturated rings. The number of hydrogen-bond acceptors (Lipinski definition) is 4. The summed E-state index contributed by atoms with van der Waals surface area (Å²) in [6.45, 7) is 0.243. The van der Waals surface area contributed by atoms with Crippen molar-refractivity contribution in [3.05, 3.63) is 29.8 Å². The van der Waals surface area contributed by atoms with Gasteiger partial charge in [-0.3, -0.25) is 4.79 Å². The van der Waals surface area contributed by atoms with Gasteiger partial charge in [-0.2, -0.15) is 0 Å². The molecule has 1 heterocycles. The lowest BCUT2D eigenvalue weighted by Gasteiger charge is -2.31. The maximum atomic E-state index is 11.6. The highest BCUT2D eigenvalue weighted by atomic mass is 16.7. The topological polar surface area (TPSA) is 67.8 Å². The molecule has 5 nitrogen and oxygen atoms in total. The first-order valence-corrected chi connectivity index (χ1v) is 6.27. The highest BCUT2D eigenvalue weighted by Gasteiger charge is 2.27. The third-order valence-corrected chi connectivity index (χ3v) is 3.28. The van der Waals surface area contributed by atoms with Crippen LogP contribution in [0.4, 0.5) is 0 Å². The molecule has 1 aromatic rings. The van der Waals surface area contributed by atoms with Crippen LogP contribution >= 0.6 is 0 Å². The van der Waals surface area contributed by atoms with Crippen molar-refractivity contribution in [1.29, 1.82) is 0 Å². The summed E-state index contributed by atoms with van der Waals surface area (Å²) in [6, 6.07) is 5.62. The van der Waals surface area contributed by atoms with Crippen molar-refractivity contribution in [3.8, 4) is 11.5 Å². The van der Waals surface area contributed by atoms with E-state index in [4.69, 9.17) is 14.6 Å². The summed E-state index contributed by atoms with van der Waals surface area (Å²) in [5.41, 5.74) is 0.882. The quantitative estimate of drug-likeness (QED) is 0.799. The molecule has 0 spiro atoms. The van der Waals surface area contributed by atoms with Gasteiger partial charge in [-0.15, -0.1) is 0 Å². The number of aliphatic hydroxyl groups is 1. The zero-order valence-corrected chi connectivity index (χ0v) is 10.3. The van der Waals surface area contributed by atoms with Crippen LogP contribution in [-0.4, -0.2) is 30.0 Å². The van der Waals surface area contributed by atoms with E-state index in [1.54, 1.807) is 6.08 Å². The number of amides is 1. The van der Waals surface area contributed by atoms with Crippen molar-refractivity contribution in [2.45, 2.75) is 25.0 Å². The number of carbonyl (C=O) groups excluding carboxylic acids is 1. The van der Waals surface area contributed by atoms with Crippen LogP contribution in [0.2, 0.25) is 0 Å². The lowest BCUT2D eigenvalue weighted by Crippen LogP contribution is -2.46. The number of aliphatic hydroxyl groups excluding tert-OH is 1. The van der Waals surface area contributed by atoms with Gasteiger partial charge in [-0.05, 0) is 36.6 Å². The molecule has 1 saturated carbocycles. The smallest absolute Gasteiger partial charge is 0.244 e. The number of carbonyl (C=O) groups is 1. The van der Waals surface area contributed by atoms with Crippen LogP contribution in [0.25, 0.3) is 6.08 Å².